The van der Waals surface area contributed by atoms with Gasteiger partial charge in [0.2, 0.25) is 0 Å². The van der Waals surface area contributed by atoms with Gasteiger partial charge in [-0.2, -0.15) is 0 Å². The zero-order valence-corrected chi connectivity index (χ0v) is 13.3. The molecule has 0 aromatic rings. The first-order chi connectivity index (χ1) is 8.42. The summed E-state index contributed by atoms with van der Waals surface area (Å²) in [4.78, 5) is 2.52. The molecular weight excluding hydrogens is 220 g/mol. The third kappa shape index (κ3) is 6.19. The van der Waals surface area contributed by atoms with E-state index in [0.717, 1.165) is 12.5 Å². The van der Waals surface area contributed by atoms with Gasteiger partial charge in [0, 0.05) is 19.1 Å². The van der Waals surface area contributed by atoms with Crippen LogP contribution >= 0.6 is 0 Å². The molecule has 0 heterocycles. The maximum Gasteiger partial charge on any atom is 0.0223 e. The minimum atomic E-state index is 0.401. The van der Waals surface area contributed by atoms with Crippen LogP contribution in [0.2, 0.25) is 0 Å². The van der Waals surface area contributed by atoms with Crippen LogP contribution in [0.25, 0.3) is 0 Å². The van der Waals surface area contributed by atoms with Crippen molar-refractivity contribution in [3.05, 3.63) is 0 Å². The Bertz CT molecular complexity index is 214. The number of rotatable bonds is 6. The second-order valence-electron chi connectivity index (χ2n) is 7.32. The van der Waals surface area contributed by atoms with Crippen molar-refractivity contribution in [1.29, 1.82) is 0 Å². The second-order valence-corrected chi connectivity index (χ2v) is 7.32. The van der Waals surface area contributed by atoms with Crippen molar-refractivity contribution in [2.45, 2.75) is 65.8 Å². The third-order valence-electron chi connectivity index (χ3n) is 3.94. The van der Waals surface area contributed by atoms with Crippen LogP contribution in [-0.4, -0.2) is 37.6 Å². The molecule has 0 saturated heterocycles. The van der Waals surface area contributed by atoms with E-state index in [2.05, 4.69) is 45.0 Å². The molecule has 2 heteroatoms. The van der Waals surface area contributed by atoms with Gasteiger partial charge >= 0.3 is 0 Å². The van der Waals surface area contributed by atoms with Gasteiger partial charge in [0.15, 0.2) is 0 Å². The first kappa shape index (κ1) is 16.0. The van der Waals surface area contributed by atoms with Gasteiger partial charge in [0.25, 0.3) is 0 Å². The molecule has 1 fully saturated rings. The fourth-order valence-electron chi connectivity index (χ4n) is 3.39. The van der Waals surface area contributed by atoms with E-state index in [9.17, 15) is 0 Å². The van der Waals surface area contributed by atoms with E-state index in [4.69, 9.17) is 0 Å². The van der Waals surface area contributed by atoms with E-state index in [0.29, 0.717) is 11.5 Å². The van der Waals surface area contributed by atoms with Crippen LogP contribution < -0.4 is 5.32 Å². The van der Waals surface area contributed by atoms with Crippen molar-refractivity contribution in [1.82, 2.24) is 10.2 Å². The highest BCUT2D eigenvalue weighted by Crippen LogP contribution is 2.27. The summed E-state index contributed by atoms with van der Waals surface area (Å²) >= 11 is 0. The first-order valence-electron chi connectivity index (χ1n) is 7.84. The van der Waals surface area contributed by atoms with Crippen molar-refractivity contribution >= 4 is 0 Å². The van der Waals surface area contributed by atoms with Gasteiger partial charge in [-0.15, -0.1) is 0 Å². The maximum atomic E-state index is 3.73. The predicted octanol–water partition coefficient (Wildman–Crippen LogP) is 3.52. The number of likely N-dealkylation sites (N-methyl/N-ethyl adjacent to an activating group) is 2. The lowest BCUT2D eigenvalue weighted by atomic mass is 9.83. The lowest BCUT2D eigenvalue weighted by Gasteiger charge is -2.35. The molecule has 108 valence electrons. The van der Waals surface area contributed by atoms with Crippen LogP contribution in [0.4, 0.5) is 0 Å². The SMILES string of the molecule is CCNC(CN(C)CC(C)(C)C)C1CCCCC1. The molecule has 1 atom stereocenters. The standard InChI is InChI=1S/C16H34N2/c1-6-17-15(14-10-8-7-9-11-14)12-18(5)13-16(2,3)4/h14-15,17H,6-13H2,1-5H3. The summed E-state index contributed by atoms with van der Waals surface area (Å²) in [6, 6.07) is 0.697. The average molecular weight is 254 g/mol. The van der Waals surface area contributed by atoms with Crippen LogP contribution in [0, 0.1) is 11.3 Å². The fraction of sp³-hybridized carbons (Fsp3) is 1.00. The van der Waals surface area contributed by atoms with Gasteiger partial charge in [-0.05, 0) is 37.8 Å². The Kier molecular flexibility index (Phi) is 6.65. The lowest BCUT2D eigenvalue weighted by Crippen LogP contribution is -2.46. The van der Waals surface area contributed by atoms with E-state index in [-0.39, 0.29) is 0 Å². The topological polar surface area (TPSA) is 15.3 Å². The number of nitrogens with one attached hydrogen (secondary N) is 1. The van der Waals surface area contributed by atoms with E-state index in [1.54, 1.807) is 0 Å². The molecule has 18 heavy (non-hydrogen) atoms. The fourth-order valence-corrected chi connectivity index (χ4v) is 3.39. The molecule has 0 spiro atoms. The van der Waals surface area contributed by atoms with E-state index in [1.165, 1.54) is 45.2 Å². The first-order valence-corrected chi connectivity index (χ1v) is 7.84. The van der Waals surface area contributed by atoms with E-state index in [1.807, 2.05) is 0 Å². The van der Waals surface area contributed by atoms with Gasteiger partial charge in [-0.25, -0.2) is 0 Å². The Morgan fingerprint density at radius 3 is 2.28 bits per heavy atom. The number of nitrogens with zero attached hydrogens (tertiary/aromatic N) is 1. The molecule has 1 aliphatic carbocycles. The summed E-state index contributed by atoms with van der Waals surface area (Å²) in [5, 5.41) is 3.73. The second kappa shape index (κ2) is 7.49. The summed E-state index contributed by atoms with van der Waals surface area (Å²) in [5.41, 5.74) is 0.401. The highest BCUT2D eigenvalue weighted by molar-refractivity contribution is 4.82. The molecule has 2 nitrogen and oxygen atoms in total. The highest BCUT2D eigenvalue weighted by Gasteiger charge is 2.25. The Labute approximate surface area is 115 Å². The highest BCUT2D eigenvalue weighted by atomic mass is 15.1. The molecule has 1 N–H and O–H groups in total. The molecule has 1 unspecified atom stereocenters. The molecule has 0 amide bonds. The largest absolute Gasteiger partial charge is 0.313 e. The predicted molar refractivity (Wildman–Crippen MR) is 81.0 cm³/mol. The van der Waals surface area contributed by atoms with Gasteiger partial charge in [0.1, 0.15) is 0 Å². The molecule has 0 aromatic heterocycles. The third-order valence-corrected chi connectivity index (χ3v) is 3.94. The zero-order chi connectivity index (χ0) is 13.6. The zero-order valence-electron chi connectivity index (χ0n) is 13.3. The normalized spacial score (nSPS) is 20.3. The maximum absolute atomic E-state index is 3.73. The summed E-state index contributed by atoms with van der Waals surface area (Å²) in [7, 11) is 2.28. The van der Waals surface area contributed by atoms with Gasteiger partial charge in [0.05, 0.1) is 0 Å². The van der Waals surface area contributed by atoms with Crippen LogP contribution in [0.15, 0.2) is 0 Å². The summed E-state index contributed by atoms with van der Waals surface area (Å²) < 4.78 is 0. The van der Waals surface area contributed by atoms with Gasteiger partial charge in [-0.3, -0.25) is 0 Å². The van der Waals surface area contributed by atoms with Crippen LogP contribution in [0.3, 0.4) is 0 Å². The number of hydrogen-bond donors (Lipinski definition) is 1. The molecule has 0 bridgehead atoms. The lowest BCUT2D eigenvalue weighted by molar-refractivity contribution is 0.170. The Morgan fingerprint density at radius 1 is 1.17 bits per heavy atom. The van der Waals surface area contributed by atoms with E-state index < -0.39 is 0 Å². The number of hydrogen-bond acceptors (Lipinski definition) is 2. The van der Waals surface area contributed by atoms with Crippen molar-refractivity contribution in [2.75, 3.05) is 26.7 Å². The minimum absolute atomic E-state index is 0.401. The summed E-state index contributed by atoms with van der Waals surface area (Å²) in [6.45, 7) is 12.7. The monoisotopic (exact) mass is 254 g/mol. The average Bonchev–Trinajstić information content (AvgIpc) is 2.27. The van der Waals surface area contributed by atoms with Crippen LogP contribution in [0.1, 0.15) is 59.8 Å². The Hall–Kier alpha value is -0.0800. The van der Waals surface area contributed by atoms with Crippen molar-refractivity contribution < 1.29 is 0 Å². The molecule has 1 rings (SSSR count). The quantitative estimate of drug-likeness (QED) is 0.780. The Morgan fingerprint density at radius 2 is 1.78 bits per heavy atom. The Balaban J connectivity index is 2.45. The molecular formula is C16H34N2. The van der Waals surface area contributed by atoms with Gasteiger partial charge < -0.3 is 10.2 Å². The molecule has 0 aromatic carbocycles. The molecule has 1 aliphatic rings. The molecule has 0 radical (unpaired) electrons. The van der Waals surface area contributed by atoms with Crippen LogP contribution in [0.5, 0.6) is 0 Å². The summed E-state index contributed by atoms with van der Waals surface area (Å²) in [5.74, 6) is 0.904. The summed E-state index contributed by atoms with van der Waals surface area (Å²) in [6.07, 6.45) is 7.19. The van der Waals surface area contributed by atoms with Crippen LogP contribution in [-0.2, 0) is 0 Å². The van der Waals surface area contributed by atoms with Crippen molar-refractivity contribution in [3.63, 3.8) is 0 Å². The molecule has 0 aliphatic heterocycles. The van der Waals surface area contributed by atoms with E-state index >= 15 is 0 Å². The van der Waals surface area contributed by atoms with Crippen molar-refractivity contribution in [3.8, 4) is 0 Å². The van der Waals surface area contributed by atoms with Gasteiger partial charge in [-0.1, -0.05) is 47.0 Å². The molecule has 1 saturated carbocycles. The minimum Gasteiger partial charge on any atom is -0.313 e. The van der Waals surface area contributed by atoms with Crippen molar-refractivity contribution in [2.24, 2.45) is 11.3 Å². The smallest absolute Gasteiger partial charge is 0.0223 e.